The van der Waals surface area contributed by atoms with Crippen molar-refractivity contribution in [1.82, 2.24) is 0 Å². The van der Waals surface area contributed by atoms with Gasteiger partial charge >= 0.3 is 5.97 Å². The minimum absolute atomic E-state index is 0.0195. The van der Waals surface area contributed by atoms with Gasteiger partial charge in [-0.05, 0) is 43.3 Å². The van der Waals surface area contributed by atoms with E-state index in [4.69, 9.17) is 13.9 Å². The number of ketones is 1. The Bertz CT molecular complexity index is 683. The highest BCUT2D eigenvalue weighted by atomic mass is 16.5. The number of hydrogen-bond acceptors (Lipinski definition) is 5. The first-order valence-corrected chi connectivity index (χ1v) is 6.66. The van der Waals surface area contributed by atoms with Gasteiger partial charge in [0.1, 0.15) is 18.1 Å². The van der Waals surface area contributed by atoms with E-state index in [-0.39, 0.29) is 12.4 Å². The lowest BCUT2D eigenvalue weighted by Crippen LogP contribution is -2.04. The van der Waals surface area contributed by atoms with Crippen molar-refractivity contribution in [3.8, 4) is 5.75 Å². The molecule has 0 atom stereocenters. The zero-order valence-corrected chi connectivity index (χ0v) is 12.4. The van der Waals surface area contributed by atoms with Crippen molar-refractivity contribution in [3.63, 3.8) is 0 Å². The fourth-order valence-corrected chi connectivity index (χ4v) is 1.84. The summed E-state index contributed by atoms with van der Waals surface area (Å²) in [4.78, 5) is 23.1. The van der Waals surface area contributed by atoms with Crippen LogP contribution in [-0.4, -0.2) is 18.9 Å². The Balaban J connectivity index is 2.02. The SMILES string of the molecule is COc1ccc(C(C)=O)cc1COC(=O)C=Cc1ccco1. The summed E-state index contributed by atoms with van der Waals surface area (Å²) < 4.78 is 15.4. The second-order valence-corrected chi connectivity index (χ2v) is 4.54. The summed E-state index contributed by atoms with van der Waals surface area (Å²) >= 11 is 0. The molecule has 0 aliphatic carbocycles. The van der Waals surface area contributed by atoms with Crippen molar-refractivity contribution in [2.24, 2.45) is 0 Å². The maximum atomic E-state index is 11.7. The molecule has 2 rings (SSSR count). The largest absolute Gasteiger partial charge is 0.496 e. The maximum absolute atomic E-state index is 11.7. The molecule has 1 aromatic heterocycles. The molecule has 0 saturated heterocycles. The standard InChI is InChI=1S/C17H16O5/c1-12(18)13-5-7-16(20-2)14(10-13)11-22-17(19)8-6-15-4-3-9-21-15/h3-10H,11H2,1-2H3. The van der Waals surface area contributed by atoms with Crippen molar-refractivity contribution in [1.29, 1.82) is 0 Å². The normalized spacial score (nSPS) is 10.6. The van der Waals surface area contributed by atoms with E-state index in [9.17, 15) is 9.59 Å². The van der Waals surface area contributed by atoms with Gasteiger partial charge in [-0.3, -0.25) is 4.79 Å². The molecule has 0 aliphatic rings. The third kappa shape index (κ3) is 4.09. The second-order valence-electron chi connectivity index (χ2n) is 4.54. The Morgan fingerprint density at radius 1 is 1.27 bits per heavy atom. The fraction of sp³-hybridized carbons (Fsp3) is 0.176. The topological polar surface area (TPSA) is 65.7 Å². The van der Waals surface area contributed by atoms with Gasteiger partial charge in [0.25, 0.3) is 0 Å². The van der Waals surface area contributed by atoms with Gasteiger partial charge in [0.2, 0.25) is 0 Å². The first kappa shape index (κ1) is 15.6. The summed E-state index contributed by atoms with van der Waals surface area (Å²) in [5.74, 6) is 0.556. The number of esters is 1. The molecule has 22 heavy (non-hydrogen) atoms. The molecule has 0 N–H and O–H groups in total. The molecule has 0 fully saturated rings. The van der Waals surface area contributed by atoms with Gasteiger partial charge in [0.05, 0.1) is 13.4 Å². The molecule has 0 saturated carbocycles. The van der Waals surface area contributed by atoms with Gasteiger partial charge in [-0.15, -0.1) is 0 Å². The van der Waals surface area contributed by atoms with Crippen molar-refractivity contribution in [2.45, 2.75) is 13.5 Å². The molecule has 0 bridgehead atoms. The molecular weight excluding hydrogens is 284 g/mol. The van der Waals surface area contributed by atoms with Gasteiger partial charge in [-0.2, -0.15) is 0 Å². The van der Waals surface area contributed by atoms with Crippen molar-refractivity contribution >= 4 is 17.8 Å². The highest BCUT2D eigenvalue weighted by Crippen LogP contribution is 2.21. The molecular formula is C17H16O5. The van der Waals surface area contributed by atoms with Crippen LogP contribution in [0, 0.1) is 0 Å². The number of carbonyl (C=O) groups is 2. The lowest BCUT2D eigenvalue weighted by Gasteiger charge is -2.09. The summed E-state index contributed by atoms with van der Waals surface area (Å²) in [5.41, 5.74) is 1.17. The number of hydrogen-bond donors (Lipinski definition) is 0. The second kappa shape index (κ2) is 7.26. The molecule has 2 aromatic rings. The lowest BCUT2D eigenvalue weighted by atomic mass is 10.1. The van der Waals surface area contributed by atoms with Crippen LogP contribution in [0.4, 0.5) is 0 Å². The number of rotatable bonds is 6. The van der Waals surface area contributed by atoms with Crippen LogP contribution in [0.2, 0.25) is 0 Å². The van der Waals surface area contributed by atoms with Gasteiger partial charge in [0, 0.05) is 17.2 Å². The predicted molar refractivity (Wildman–Crippen MR) is 80.5 cm³/mol. The van der Waals surface area contributed by atoms with Crippen LogP contribution in [-0.2, 0) is 16.1 Å². The van der Waals surface area contributed by atoms with Crippen LogP contribution < -0.4 is 4.74 Å². The molecule has 0 unspecified atom stereocenters. The summed E-state index contributed by atoms with van der Waals surface area (Å²) in [6, 6.07) is 8.46. The minimum atomic E-state index is -0.508. The Hall–Kier alpha value is -2.82. The summed E-state index contributed by atoms with van der Waals surface area (Å²) in [7, 11) is 1.52. The molecule has 5 heteroatoms. The van der Waals surface area contributed by atoms with Gasteiger partial charge in [-0.25, -0.2) is 4.79 Å². The number of ether oxygens (including phenoxy) is 2. The molecule has 0 radical (unpaired) electrons. The molecule has 0 amide bonds. The highest BCUT2D eigenvalue weighted by Gasteiger charge is 2.09. The van der Waals surface area contributed by atoms with E-state index in [0.29, 0.717) is 22.6 Å². The molecule has 0 aliphatic heterocycles. The predicted octanol–water partition coefficient (Wildman–Crippen LogP) is 3.25. The lowest BCUT2D eigenvalue weighted by molar-refractivity contribution is -0.138. The fourth-order valence-electron chi connectivity index (χ4n) is 1.84. The number of Topliss-reactive ketones (excluding diaryl/α,β-unsaturated/α-hetero) is 1. The Morgan fingerprint density at radius 2 is 2.09 bits per heavy atom. The summed E-state index contributed by atoms with van der Waals surface area (Å²) in [5, 5.41) is 0. The van der Waals surface area contributed by atoms with E-state index in [1.807, 2.05) is 0 Å². The molecule has 114 valence electrons. The zero-order chi connectivity index (χ0) is 15.9. The van der Waals surface area contributed by atoms with Crippen molar-refractivity contribution in [3.05, 3.63) is 59.6 Å². The van der Waals surface area contributed by atoms with Gasteiger partial charge in [-0.1, -0.05) is 0 Å². The first-order chi connectivity index (χ1) is 10.6. The Morgan fingerprint density at radius 3 is 2.73 bits per heavy atom. The van der Waals surface area contributed by atoms with E-state index >= 15 is 0 Å². The third-order valence-electron chi connectivity index (χ3n) is 2.98. The van der Waals surface area contributed by atoms with E-state index in [1.165, 1.54) is 32.4 Å². The highest BCUT2D eigenvalue weighted by molar-refractivity contribution is 5.94. The smallest absolute Gasteiger partial charge is 0.331 e. The summed E-state index contributed by atoms with van der Waals surface area (Å²) in [6.45, 7) is 1.50. The van der Waals surface area contributed by atoms with E-state index in [0.717, 1.165) is 0 Å². The number of carbonyl (C=O) groups excluding carboxylic acids is 2. The molecule has 1 aromatic carbocycles. The van der Waals surface area contributed by atoms with Crippen LogP contribution in [0.3, 0.4) is 0 Å². The van der Waals surface area contributed by atoms with Crippen LogP contribution in [0.25, 0.3) is 6.08 Å². The Kier molecular flexibility index (Phi) is 5.14. The zero-order valence-electron chi connectivity index (χ0n) is 12.4. The van der Waals surface area contributed by atoms with Crippen molar-refractivity contribution in [2.75, 3.05) is 7.11 Å². The minimum Gasteiger partial charge on any atom is -0.496 e. The maximum Gasteiger partial charge on any atom is 0.331 e. The summed E-state index contributed by atoms with van der Waals surface area (Å²) in [6.07, 6.45) is 4.31. The number of methoxy groups -OCH3 is 1. The number of benzene rings is 1. The van der Waals surface area contributed by atoms with Crippen molar-refractivity contribution < 1.29 is 23.5 Å². The van der Waals surface area contributed by atoms with Crippen LogP contribution in [0.1, 0.15) is 28.6 Å². The van der Waals surface area contributed by atoms with Gasteiger partial charge in [0.15, 0.2) is 5.78 Å². The van der Waals surface area contributed by atoms with E-state index in [2.05, 4.69) is 0 Å². The number of furan rings is 1. The molecule has 5 nitrogen and oxygen atoms in total. The van der Waals surface area contributed by atoms with Crippen LogP contribution in [0.5, 0.6) is 5.75 Å². The Labute approximate surface area is 128 Å². The van der Waals surface area contributed by atoms with Crippen LogP contribution in [0.15, 0.2) is 47.1 Å². The van der Waals surface area contributed by atoms with Gasteiger partial charge < -0.3 is 13.9 Å². The van der Waals surface area contributed by atoms with Crippen LogP contribution >= 0.6 is 0 Å². The third-order valence-corrected chi connectivity index (χ3v) is 2.98. The average Bonchev–Trinajstić information content (AvgIpc) is 3.03. The van der Waals surface area contributed by atoms with E-state index in [1.54, 1.807) is 30.3 Å². The van der Waals surface area contributed by atoms with E-state index < -0.39 is 5.97 Å². The monoisotopic (exact) mass is 300 g/mol. The quantitative estimate of drug-likeness (QED) is 0.465. The first-order valence-electron chi connectivity index (χ1n) is 6.66. The molecule has 0 spiro atoms. The average molecular weight is 300 g/mol. The molecule has 1 heterocycles.